The second-order valence-corrected chi connectivity index (χ2v) is 7.57. The van der Waals surface area contributed by atoms with E-state index in [1.165, 1.54) is 0 Å². The highest BCUT2D eigenvalue weighted by Crippen LogP contribution is 2.35. The molecule has 1 N–H and O–H groups in total. The van der Waals surface area contributed by atoms with E-state index in [0.717, 1.165) is 16.7 Å². The largest absolute Gasteiger partial charge is 0.216 e. The molecule has 2 atom stereocenters. The maximum atomic E-state index is 12.3. The van der Waals surface area contributed by atoms with E-state index in [2.05, 4.69) is 4.72 Å². The molecule has 0 bridgehead atoms. The van der Waals surface area contributed by atoms with Crippen molar-refractivity contribution in [2.24, 2.45) is 0 Å². The van der Waals surface area contributed by atoms with E-state index in [-0.39, 0.29) is 17.2 Å². The number of sulfonamides is 1. The van der Waals surface area contributed by atoms with E-state index < -0.39 is 10.0 Å². The first kappa shape index (κ1) is 14.6. The van der Waals surface area contributed by atoms with Crippen LogP contribution in [0.5, 0.6) is 0 Å². The number of halogens is 1. The summed E-state index contributed by atoms with van der Waals surface area (Å²) in [5.74, 6) is -0.0316. The Kier molecular flexibility index (Phi) is 4.02. The van der Waals surface area contributed by atoms with Gasteiger partial charge in [0.25, 0.3) is 0 Å². The van der Waals surface area contributed by atoms with Crippen molar-refractivity contribution in [3.8, 4) is 0 Å². The molecule has 2 aromatic carbocycles. The van der Waals surface area contributed by atoms with Gasteiger partial charge in [0, 0.05) is 0 Å². The monoisotopic (exact) mass is 321 g/mol. The summed E-state index contributed by atoms with van der Waals surface area (Å²) in [7, 11) is -3.43. The maximum Gasteiger partial charge on any atom is 0.216 e. The molecule has 0 spiro atoms. The molecular formula is C16H16ClNO2S. The van der Waals surface area contributed by atoms with Gasteiger partial charge in [-0.25, -0.2) is 13.1 Å². The molecule has 0 saturated heterocycles. The van der Waals surface area contributed by atoms with Gasteiger partial charge in [0.05, 0.1) is 17.2 Å². The van der Waals surface area contributed by atoms with Gasteiger partial charge < -0.3 is 0 Å². The lowest BCUT2D eigenvalue weighted by molar-refractivity contribution is 0.555. The molecule has 0 radical (unpaired) electrons. The average molecular weight is 322 g/mol. The summed E-state index contributed by atoms with van der Waals surface area (Å²) in [4.78, 5) is 0. The first-order valence-corrected chi connectivity index (χ1v) is 8.90. The number of hydrogen-bond acceptors (Lipinski definition) is 2. The van der Waals surface area contributed by atoms with Crippen LogP contribution in [0.1, 0.15) is 22.7 Å². The van der Waals surface area contributed by atoms with Crippen molar-refractivity contribution in [3.05, 3.63) is 71.3 Å². The predicted molar refractivity (Wildman–Crippen MR) is 84.7 cm³/mol. The zero-order chi connectivity index (χ0) is 14.9. The number of hydrogen-bond donors (Lipinski definition) is 1. The van der Waals surface area contributed by atoms with Crippen LogP contribution in [-0.4, -0.2) is 13.8 Å². The fourth-order valence-corrected chi connectivity index (χ4v) is 4.54. The number of nitrogens with one attached hydrogen (secondary N) is 1. The van der Waals surface area contributed by atoms with Crippen molar-refractivity contribution in [1.29, 1.82) is 0 Å². The van der Waals surface area contributed by atoms with E-state index in [9.17, 15) is 8.42 Å². The second-order valence-electron chi connectivity index (χ2n) is 5.26. The molecular weight excluding hydrogens is 306 g/mol. The molecule has 0 aromatic heterocycles. The second kappa shape index (κ2) is 5.79. The zero-order valence-corrected chi connectivity index (χ0v) is 12.9. The Hall–Kier alpha value is -1.36. The average Bonchev–Trinajstić information content (AvgIpc) is 2.75. The Morgan fingerprint density at radius 1 is 1.05 bits per heavy atom. The highest BCUT2D eigenvalue weighted by Gasteiger charge is 2.33. The lowest BCUT2D eigenvalue weighted by Crippen LogP contribution is -2.32. The van der Waals surface area contributed by atoms with Gasteiger partial charge in [0.2, 0.25) is 10.0 Å². The molecule has 0 heterocycles. The number of benzene rings is 2. The molecule has 0 amide bonds. The van der Waals surface area contributed by atoms with Crippen LogP contribution in [-0.2, 0) is 22.2 Å². The van der Waals surface area contributed by atoms with Crippen LogP contribution in [0.4, 0.5) is 0 Å². The third-order valence-electron chi connectivity index (χ3n) is 3.67. The molecule has 0 fully saturated rings. The molecule has 1 aliphatic carbocycles. The molecule has 1 aliphatic rings. The summed E-state index contributed by atoms with van der Waals surface area (Å²) in [6, 6.07) is 16.6. The fraction of sp³-hybridized carbons (Fsp3) is 0.250. The van der Waals surface area contributed by atoms with Crippen molar-refractivity contribution < 1.29 is 8.42 Å². The van der Waals surface area contributed by atoms with Gasteiger partial charge in [0.15, 0.2) is 0 Å². The molecule has 21 heavy (non-hydrogen) atoms. The first-order valence-electron chi connectivity index (χ1n) is 6.81. The van der Waals surface area contributed by atoms with Crippen LogP contribution in [0.2, 0.25) is 0 Å². The Morgan fingerprint density at radius 2 is 1.71 bits per heavy atom. The van der Waals surface area contributed by atoms with E-state index in [1.807, 2.05) is 42.5 Å². The topological polar surface area (TPSA) is 46.2 Å². The smallest absolute Gasteiger partial charge is 0.212 e. The number of fused-ring (bicyclic) bond motifs is 1. The van der Waals surface area contributed by atoms with Gasteiger partial charge in [-0.05, 0) is 23.1 Å². The summed E-state index contributed by atoms with van der Waals surface area (Å²) in [6.07, 6.45) is 0.691. The molecule has 5 heteroatoms. The summed E-state index contributed by atoms with van der Waals surface area (Å²) in [5, 5.41) is -0.243. The number of rotatable bonds is 4. The van der Waals surface area contributed by atoms with E-state index >= 15 is 0 Å². The number of alkyl halides is 1. The maximum absolute atomic E-state index is 12.3. The van der Waals surface area contributed by atoms with Crippen molar-refractivity contribution >= 4 is 21.6 Å². The van der Waals surface area contributed by atoms with Gasteiger partial charge in [-0.2, -0.15) is 0 Å². The Bertz CT molecular complexity index is 731. The van der Waals surface area contributed by atoms with Gasteiger partial charge in [-0.3, -0.25) is 0 Å². The van der Waals surface area contributed by atoms with Crippen LogP contribution in [0.3, 0.4) is 0 Å². The van der Waals surface area contributed by atoms with Crippen LogP contribution in [0.15, 0.2) is 54.6 Å². The SMILES string of the molecule is O=S(=O)(Cc1ccccc1)NC1c2ccccc2CC1Cl. The predicted octanol–water partition coefficient (Wildman–Crippen LogP) is 3.01. The third-order valence-corrected chi connectivity index (χ3v) is 5.41. The summed E-state index contributed by atoms with van der Waals surface area (Å²) in [5.41, 5.74) is 2.86. The Labute approximate surface area is 130 Å². The van der Waals surface area contributed by atoms with Crippen LogP contribution in [0.25, 0.3) is 0 Å². The minimum absolute atomic E-state index is 0.0316. The molecule has 0 saturated carbocycles. The van der Waals surface area contributed by atoms with Crippen LogP contribution < -0.4 is 4.72 Å². The van der Waals surface area contributed by atoms with Crippen LogP contribution in [0, 0.1) is 0 Å². The molecule has 3 rings (SSSR count). The summed E-state index contributed by atoms with van der Waals surface area (Å²) < 4.78 is 27.4. The van der Waals surface area contributed by atoms with Crippen molar-refractivity contribution in [3.63, 3.8) is 0 Å². The van der Waals surface area contributed by atoms with Crippen molar-refractivity contribution in [1.82, 2.24) is 4.72 Å². The molecule has 0 aliphatic heterocycles. The lowest BCUT2D eigenvalue weighted by atomic mass is 10.1. The molecule has 2 unspecified atom stereocenters. The minimum atomic E-state index is -3.43. The normalized spacial score (nSPS) is 21.2. The molecule has 110 valence electrons. The van der Waals surface area contributed by atoms with Gasteiger partial charge in [-0.15, -0.1) is 11.6 Å². The minimum Gasteiger partial charge on any atom is -0.212 e. The summed E-state index contributed by atoms with van der Waals surface area (Å²) >= 11 is 6.33. The standard InChI is InChI=1S/C16H16ClNO2S/c17-15-10-13-8-4-5-9-14(13)16(15)18-21(19,20)11-12-6-2-1-3-7-12/h1-9,15-16,18H,10-11H2. The summed E-state index contributed by atoms with van der Waals surface area (Å²) in [6.45, 7) is 0. The molecule has 3 nitrogen and oxygen atoms in total. The highest BCUT2D eigenvalue weighted by atomic mass is 35.5. The first-order chi connectivity index (χ1) is 10.1. The molecule has 2 aromatic rings. The Balaban J connectivity index is 1.80. The van der Waals surface area contributed by atoms with Gasteiger partial charge in [0.1, 0.15) is 0 Å². The lowest BCUT2D eigenvalue weighted by Gasteiger charge is -2.17. The van der Waals surface area contributed by atoms with Gasteiger partial charge in [-0.1, -0.05) is 54.6 Å². The quantitative estimate of drug-likeness (QED) is 0.880. The zero-order valence-electron chi connectivity index (χ0n) is 11.4. The third kappa shape index (κ3) is 3.28. The van der Waals surface area contributed by atoms with E-state index in [1.54, 1.807) is 12.1 Å². The van der Waals surface area contributed by atoms with E-state index in [4.69, 9.17) is 11.6 Å². The fourth-order valence-electron chi connectivity index (χ4n) is 2.71. The highest BCUT2D eigenvalue weighted by molar-refractivity contribution is 7.88. The Morgan fingerprint density at radius 3 is 2.48 bits per heavy atom. The van der Waals surface area contributed by atoms with Crippen molar-refractivity contribution in [2.45, 2.75) is 23.6 Å². The van der Waals surface area contributed by atoms with Gasteiger partial charge >= 0.3 is 0 Å². The van der Waals surface area contributed by atoms with Crippen molar-refractivity contribution in [2.75, 3.05) is 0 Å². The van der Waals surface area contributed by atoms with Crippen LogP contribution >= 0.6 is 11.6 Å². The van der Waals surface area contributed by atoms with E-state index in [0.29, 0.717) is 6.42 Å².